The second-order valence-corrected chi connectivity index (χ2v) is 5.52. The van der Waals surface area contributed by atoms with Crippen LogP contribution in [-0.4, -0.2) is 6.29 Å². The molecule has 0 atom stereocenters. The molecule has 1 aliphatic carbocycles. The zero-order valence-corrected chi connectivity index (χ0v) is 11.7. The number of carbonyl (C=O) groups excluding carboxylic acids is 1. The molecule has 1 aliphatic rings. The molecule has 0 amide bonds. The number of allylic oxidation sites excluding steroid dienone is 2. The maximum absolute atomic E-state index is 10.9. The predicted molar refractivity (Wildman–Crippen MR) is 83.4 cm³/mol. The molecule has 0 spiro atoms. The number of para-hydroxylation sites is 1. The Morgan fingerprint density at radius 2 is 2.00 bits per heavy atom. The quantitative estimate of drug-likeness (QED) is 0.611. The van der Waals surface area contributed by atoms with E-state index in [0.29, 0.717) is 0 Å². The van der Waals surface area contributed by atoms with Crippen molar-refractivity contribution in [3.05, 3.63) is 59.1 Å². The first kappa shape index (κ1) is 12.7. The normalized spacial score (nSPS) is 13.1. The van der Waals surface area contributed by atoms with Gasteiger partial charge in [0.2, 0.25) is 0 Å². The molecule has 1 heterocycles. The first-order valence-corrected chi connectivity index (χ1v) is 7.28. The molecule has 98 valence electrons. The molecule has 0 N–H and O–H groups in total. The van der Waals surface area contributed by atoms with Gasteiger partial charge >= 0.3 is 0 Å². The Bertz CT molecular complexity index is 703. The standard InChI is InChI=1S/C17H13NOS/c19-13-16-11-12-17(20-16)18(14-7-3-1-4-8-14)15-9-5-2-6-10-15/h1,3-4,7-8,10-13H,5,9H2. The number of carbonyl (C=O) groups is 1. The Kier molecular flexibility index (Phi) is 3.67. The topological polar surface area (TPSA) is 20.3 Å². The Labute approximate surface area is 122 Å². The minimum atomic E-state index is 0.739. The van der Waals surface area contributed by atoms with E-state index in [1.807, 2.05) is 36.4 Å². The number of nitrogens with zero attached hydrogens (tertiary/aromatic N) is 1. The molecule has 0 unspecified atom stereocenters. The SMILES string of the molecule is O=Cc1ccc(N(C2=CC#CCC2)c2ccccc2)s1. The fourth-order valence-corrected chi connectivity index (χ4v) is 3.06. The van der Waals surface area contributed by atoms with Crippen LogP contribution >= 0.6 is 11.3 Å². The van der Waals surface area contributed by atoms with Crippen molar-refractivity contribution in [2.24, 2.45) is 0 Å². The van der Waals surface area contributed by atoms with Gasteiger partial charge in [0.05, 0.1) is 4.88 Å². The van der Waals surface area contributed by atoms with Gasteiger partial charge in [0.1, 0.15) is 5.00 Å². The van der Waals surface area contributed by atoms with Crippen LogP contribution in [0, 0.1) is 11.8 Å². The van der Waals surface area contributed by atoms with Crippen LogP contribution in [0.1, 0.15) is 22.5 Å². The number of hydrogen-bond acceptors (Lipinski definition) is 3. The van der Waals surface area contributed by atoms with Crippen LogP contribution in [-0.2, 0) is 0 Å². The number of rotatable bonds is 4. The molecule has 3 heteroatoms. The van der Waals surface area contributed by atoms with E-state index < -0.39 is 0 Å². The van der Waals surface area contributed by atoms with Gasteiger partial charge in [-0.1, -0.05) is 30.0 Å². The Hall–Kier alpha value is -2.31. The number of hydrogen-bond donors (Lipinski definition) is 0. The molecule has 3 rings (SSSR count). The molecule has 2 aromatic rings. The highest BCUT2D eigenvalue weighted by Crippen LogP contribution is 2.36. The molecule has 1 aromatic heterocycles. The number of aldehydes is 1. The van der Waals surface area contributed by atoms with Gasteiger partial charge in [-0.3, -0.25) is 4.79 Å². The molecule has 0 radical (unpaired) electrons. The van der Waals surface area contributed by atoms with Crippen molar-refractivity contribution in [1.29, 1.82) is 0 Å². The zero-order valence-electron chi connectivity index (χ0n) is 10.9. The molecule has 20 heavy (non-hydrogen) atoms. The van der Waals surface area contributed by atoms with E-state index >= 15 is 0 Å². The lowest BCUT2D eigenvalue weighted by Crippen LogP contribution is -2.16. The minimum absolute atomic E-state index is 0.739. The monoisotopic (exact) mass is 279 g/mol. The van der Waals surface area contributed by atoms with Crippen LogP contribution in [0.25, 0.3) is 0 Å². The van der Waals surface area contributed by atoms with Crippen molar-refractivity contribution in [1.82, 2.24) is 0 Å². The summed E-state index contributed by atoms with van der Waals surface area (Å²) in [7, 11) is 0. The maximum Gasteiger partial charge on any atom is 0.160 e. The largest absolute Gasteiger partial charge is 0.305 e. The first-order valence-electron chi connectivity index (χ1n) is 6.46. The van der Waals surface area contributed by atoms with E-state index in [1.54, 1.807) is 0 Å². The van der Waals surface area contributed by atoms with Crippen molar-refractivity contribution in [2.75, 3.05) is 4.90 Å². The number of anilines is 2. The second kappa shape index (κ2) is 5.77. The number of thiophene rings is 1. The third-order valence-corrected chi connectivity index (χ3v) is 4.09. The van der Waals surface area contributed by atoms with Crippen LogP contribution < -0.4 is 4.90 Å². The first-order chi connectivity index (χ1) is 9.88. The highest BCUT2D eigenvalue weighted by molar-refractivity contribution is 7.17. The molecular formula is C17H13NOS. The van der Waals surface area contributed by atoms with Gasteiger partial charge in [-0.15, -0.1) is 11.3 Å². The fourth-order valence-electron chi connectivity index (χ4n) is 2.18. The molecule has 0 saturated carbocycles. The van der Waals surface area contributed by atoms with Crippen LogP contribution in [0.5, 0.6) is 0 Å². The summed E-state index contributed by atoms with van der Waals surface area (Å²) in [6.45, 7) is 0. The molecule has 0 saturated heterocycles. The second-order valence-electron chi connectivity index (χ2n) is 4.42. The Morgan fingerprint density at radius 1 is 1.15 bits per heavy atom. The van der Waals surface area contributed by atoms with Gasteiger partial charge in [-0.05, 0) is 30.7 Å². The lowest BCUT2D eigenvalue weighted by Gasteiger charge is -2.26. The van der Waals surface area contributed by atoms with Gasteiger partial charge in [-0.2, -0.15) is 0 Å². The van der Waals surface area contributed by atoms with E-state index in [9.17, 15) is 4.79 Å². The van der Waals surface area contributed by atoms with E-state index in [0.717, 1.165) is 34.7 Å². The van der Waals surface area contributed by atoms with E-state index in [1.165, 1.54) is 17.0 Å². The summed E-state index contributed by atoms with van der Waals surface area (Å²) in [6.07, 6.45) is 4.67. The van der Waals surface area contributed by atoms with Gasteiger partial charge in [0, 0.05) is 23.9 Å². The van der Waals surface area contributed by atoms with Gasteiger partial charge in [0.25, 0.3) is 0 Å². The summed E-state index contributed by atoms with van der Waals surface area (Å²) in [6, 6.07) is 14.0. The smallest absolute Gasteiger partial charge is 0.160 e. The lowest BCUT2D eigenvalue weighted by atomic mass is 10.1. The molecule has 2 nitrogen and oxygen atoms in total. The van der Waals surface area contributed by atoms with E-state index in [2.05, 4.69) is 28.9 Å². The predicted octanol–water partition coefficient (Wildman–Crippen LogP) is 4.38. The maximum atomic E-state index is 10.9. The third kappa shape index (κ3) is 2.52. The van der Waals surface area contributed by atoms with Crippen molar-refractivity contribution in [3.63, 3.8) is 0 Å². The van der Waals surface area contributed by atoms with Gasteiger partial charge in [-0.25, -0.2) is 0 Å². The molecule has 0 aliphatic heterocycles. The minimum Gasteiger partial charge on any atom is -0.305 e. The van der Waals surface area contributed by atoms with Crippen LogP contribution in [0.3, 0.4) is 0 Å². The van der Waals surface area contributed by atoms with Crippen LogP contribution in [0.4, 0.5) is 10.7 Å². The van der Waals surface area contributed by atoms with Crippen molar-refractivity contribution < 1.29 is 4.79 Å². The highest BCUT2D eigenvalue weighted by atomic mass is 32.1. The van der Waals surface area contributed by atoms with E-state index in [4.69, 9.17) is 0 Å². The molecular weight excluding hydrogens is 266 g/mol. The summed E-state index contributed by atoms with van der Waals surface area (Å²) < 4.78 is 0. The summed E-state index contributed by atoms with van der Waals surface area (Å²) in [4.78, 5) is 13.8. The third-order valence-electron chi connectivity index (χ3n) is 3.10. The molecule has 0 bridgehead atoms. The van der Waals surface area contributed by atoms with Crippen molar-refractivity contribution in [3.8, 4) is 11.8 Å². The van der Waals surface area contributed by atoms with Gasteiger partial charge in [0.15, 0.2) is 6.29 Å². The molecule has 1 aromatic carbocycles. The van der Waals surface area contributed by atoms with Crippen LogP contribution in [0.2, 0.25) is 0 Å². The van der Waals surface area contributed by atoms with Crippen molar-refractivity contribution in [2.45, 2.75) is 12.8 Å². The summed E-state index contributed by atoms with van der Waals surface area (Å²) in [5.74, 6) is 6.14. The van der Waals surface area contributed by atoms with Crippen molar-refractivity contribution >= 4 is 28.3 Å². The molecule has 0 fully saturated rings. The number of benzene rings is 1. The fraction of sp³-hybridized carbons (Fsp3) is 0.118. The Balaban J connectivity index is 2.06. The van der Waals surface area contributed by atoms with Crippen LogP contribution in [0.15, 0.2) is 54.2 Å². The summed E-state index contributed by atoms with van der Waals surface area (Å²) >= 11 is 1.50. The summed E-state index contributed by atoms with van der Waals surface area (Å²) in [5.41, 5.74) is 2.27. The van der Waals surface area contributed by atoms with E-state index in [-0.39, 0.29) is 0 Å². The zero-order chi connectivity index (χ0) is 13.8. The Morgan fingerprint density at radius 3 is 2.65 bits per heavy atom. The summed E-state index contributed by atoms with van der Waals surface area (Å²) in [5, 5.41) is 1.05. The van der Waals surface area contributed by atoms with Gasteiger partial charge < -0.3 is 4.90 Å². The highest BCUT2D eigenvalue weighted by Gasteiger charge is 2.16. The average Bonchev–Trinajstić information content (AvgIpc) is 2.98. The lowest BCUT2D eigenvalue weighted by molar-refractivity contribution is 0.112. The average molecular weight is 279 g/mol.